The van der Waals surface area contributed by atoms with Gasteiger partial charge in [0.15, 0.2) is 0 Å². The molecule has 8 aromatic rings. The van der Waals surface area contributed by atoms with Crippen molar-refractivity contribution in [2.75, 3.05) is 0 Å². The number of hydrogen-bond acceptors (Lipinski definition) is 7. The Kier molecular flexibility index (Phi) is 12.2. The number of carbonyl (C=O) groups is 2. The summed E-state index contributed by atoms with van der Waals surface area (Å²) in [5.41, 5.74) is 8.06. The van der Waals surface area contributed by atoms with Crippen molar-refractivity contribution in [2.24, 2.45) is 9.98 Å². The Hall–Kier alpha value is -7.28. The molecule has 1 radical (unpaired) electrons. The number of aromatic hydroxyl groups is 1. The predicted molar refractivity (Wildman–Crippen MR) is 229 cm³/mol. The van der Waals surface area contributed by atoms with E-state index in [0.717, 1.165) is 55.3 Å². The molecule has 0 bridgehead atoms. The minimum atomic E-state index is -1.06. The van der Waals surface area contributed by atoms with Gasteiger partial charge in [0.05, 0.1) is 45.1 Å². The molecule has 3 N–H and O–H groups in total. The second-order valence-electron chi connectivity index (χ2n) is 13.7. The zero-order valence-electron chi connectivity index (χ0n) is 32.6. The number of fused-ring (bicyclic) bond motifs is 2. The maximum atomic E-state index is 11.7. The van der Waals surface area contributed by atoms with Crippen LogP contribution in [0, 0.1) is 34.6 Å². The Morgan fingerprint density at radius 2 is 0.949 bits per heavy atom. The summed E-state index contributed by atoms with van der Waals surface area (Å²) in [5.74, 6) is -2.11. The molecular formula is C47H39CoN6O5-. The molecule has 0 saturated heterocycles. The van der Waals surface area contributed by atoms with Gasteiger partial charge in [0.2, 0.25) is 5.88 Å². The Bertz CT molecular complexity index is 2750. The molecule has 8 rings (SSSR count). The molecule has 0 atom stereocenters. The molecule has 0 unspecified atom stereocenters. The number of aromatic nitrogens is 4. The molecular weight excluding hydrogens is 787 g/mol. The number of rotatable bonds is 8. The zero-order valence-corrected chi connectivity index (χ0v) is 33.6. The zero-order chi connectivity index (χ0) is 41.1. The van der Waals surface area contributed by atoms with E-state index in [0.29, 0.717) is 28.3 Å². The van der Waals surface area contributed by atoms with Gasteiger partial charge < -0.3 is 15.3 Å². The van der Waals surface area contributed by atoms with Crippen LogP contribution in [-0.2, 0) is 16.8 Å². The molecule has 2 heterocycles. The van der Waals surface area contributed by atoms with E-state index < -0.39 is 11.9 Å². The van der Waals surface area contributed by atoms with Crippen LogP contribution in [0.5, 0.6) is 5.88 Å². The third-order valence-electron chi connectivity index (χ3n) is 9.83. The number of aromatic carboxylic acids is 2. The first kappa shape index (κ1) is 41.4. The molecule has 0 aliphatic carbocycles. The van der Waals surface area contributed by atoms with Crippen molar-refractivity contribution >= 4 is 57.3 Å². The number of hydrogen-bond donors (Lipinski definition) is 3. The maximum Gasteiger partial charge on any atom is 0.337 e. The Morgan fingerprint density at radius 1 is 0.576 bits per heavy atom. The minimum absolute atomic E-state index is 0. The SMILES string of the molecule is Cc1ccccc1-n1nc(C)c(C=Nc2cc3ccccc3cc2C(=O)O)c1O.[CH2-]c1c(C=Nc2cc3ccccc3cc2C(=O)O)c(C)nn1-c1ccccc1C.[Co]. The van der Waals surface area contributed by atoms with Gasteiger partial charge >= 0.3 is 11.9 Å². The van der Waals surface area contributed by atoms with Crippen LogP contribution in [0.25, 0.3) is 32.9 Å². The van der Waals surface area contributed by atoms with Crippen molar-refractivity contribution in [2.45, 2.75) is 27.7 Å². The standard InChI is InChI=1S/C24H20N3O2.C23H19N3O3.Co/c1-15-8-4-7-11-23(15)27-17(3)21(16(2)26-27)14-25-22-13-19-10-6-5-9-18(19)12-20(22)24(28)29;1-14-7-3-6-10-21(14)26-22(27)19(15(2)25-26)13-24-20-12-17-9-5-4-8-16(17)11-18(20)23(28)29;/h4-14H,3H2,1-2H3,(H,28,29);3-13,27H,1-2H3,(H,28,29);/q-1;;. The third-order valence-corrected chi connectivity index (χ3v) is 9.83. The summed E-state index contributed by atoms with van der Waals surface area (Å²) in [6.45, 7) is 11.8. The number of benzene rings is 6. The molecule has 12 heteroatoms. The molecule has 0 saturated carbocycles. The molecule has 297 valence electrons. The van der Waals surface area contributed by atoms with Crippen LogP contribution in [0.2, 0.25) is 0 Å². The van der Waals surface area contributed by atoms with E-state index in [2.05, 4.69) is 27.1 Å². The van der Waals surface area contributed by atoms with Crippen molar-refractivity contribution in [3.63, 3.8) is 0 Å². The molecule has 0 aliphatic rings. The molecule has 11 nitrogen and oxygen atoms in total. The number of aryl methyl sites for hydroxylation is 4. The van der Waals surface area contributed by atoms with Crippen LogP contribution in [0.1, 0.15) is 60.1 Å². The van der Waals surface area contributed by atoms with Gasteiger partial charge in [-0.15, -0.1) is 5.56 Å². The average molecular weight is 827 g/mol. The monoisotopic (exact) mass is 826 g/mol. The van der Waals surface area contributed by atoms with Gasteiger partial charge in [-0.25, -0.2) is 21.2 Å². The van der Waals surface area contributed by atoms with E-state index in [9.17, 15) is 24.9 Å². The van der Waals surface area contributed by atoms with Gasteiger partial charge in [0, 0.05) is 23.0 Å². The van der Waals surface area contributed by atoms with Crippen LogP contribution in [0.15, 0.2) is 131 Å². The minimum Gasteiger partial charge on any atom is -0.493 e. The second-order valence-corrected chi connectivity index (χ2v) is 13.7. The van der Waals surface area contributed by atoms with Gasteiger partial charge in [-0.3, -0.25) is 14.7 Å². The smallest absolute Gasteiger partial charge is 0.337 e. The van der Waals surface area contributed by atoms with Gasteiger partial charge in [-0.1, -0.05) is 90.6 Å². The number of carboxylic acid groups (broad SMARTS) is 2. The van der Waals surface area contributed by atoms with Crippen LogP contribution in [-0.4, -0.2) is 59.2 Å². The first-order chi connectivity index (χ1) is 27.9. The van der Waals surface area contributed by atoms with E-state index in [-0.39, 0.29) is 33.8 Å². The van der Waals surface area contributed by atoms with Gasteiger partial charge in [-0.05, 0) is 109 Å². The molecule has 6 aromatic carbocycles. The van der Waals surface area contributed by atoms with Crippen LogP contribution >= 0.6 is 0 Å². The summed E-state index contributed by atoms with van der Waals surface area (Å²) in [6.07, 6.45) is 3.11. The third kappa shape index (κ3) is 8.54. The summed E-state index contributed by atoms with van der Waals surface area (Å²) in [6, 6.07) is 37.5. The van der Waals surface area contributed by atoms with Crippen molar-refractivity contribution < 1.29 is 41.7 Å². The fourth-order valence-corrected chi connectivity index (χ4v) is 6.68. The van der Waals surface area contributed by atoms with Gasteiger partial charge in [0.25, 0.3) is 0 Å². The van der Waals surface area contributed by atoms with Crippen LogP contribution in [0.3, 0.4) is 0 Å². The van der Waals surface area contributed by atoms with Gasteiger partial charge in [-0.2, -0.15) is 10.2 Å². The normalized spacial score (nSPS) is 11.2. The van der Waals surface area contributed by atoms with Crippen molar-refractivity contribution in [1.82, 2.24) is 19.6 Å². The summed E-state index contributed by atoms with van der Waals surface area (Å²) in [4.78, 5) is 32.3. The molecule has 2 aromatic heterocycles. The molecule has 0 amide bonds. The summed E-state index contributed by atoms with van der Waals surface area (Å²) < 4.78 is 3.26. The topological polar surface area (TPSA) is 155 Å². The first-order valence-corrected chi connectivity index (χ1v) is 18.3. The number of para-hydroxylation sites is 2. The van der Waals surface area contributed by atoms with E-state index in [4.69, 9.17) is 0 Å². The Labute approximate surface area is 350 Å². The predicted octanol–water partition coefficient (Wildman–Crippen LogP) is 10.1. The fourth-order valence-electron chi connectivity index (χ4n) is 6.68. The molecule has 0 aliphatic heterocycles. The van der Waals surface area contributed by atoms with Gasteiger partial charge in [0.1, 0.15) is 0 Å². The van der Waals surface area contributed by atoms with Crippen LogP contribution in [0.4, 0.5) is 11.4 Å². The van der Waals surface area contributed by atoms with Crippen molar-refractivity contribution in [3.05, 3.63) is 179 Å². The Balaban J connectivity index is 0.000000195. The van der Waals surface area contributed by atoms with Crippen molar-refractivity contribution in [3.8, 4) is 17.3 Å². The largest absolute Gasteiger partial charge is 0.493 e. The van der Waals surface area contributed by atoms with E-state index in [1.807, 2.05) is 118 Å². The summed E-state index contributed by atoms with van der Waals surface area (Å²) in [5, 5.41) is 42.4. The Morgan fingerprint density at radius 3 is 1.41 bits per heavy atom. The maximum absolute atomic E-state index is 11.7. The molecule has 0 spiro atoms. The van der Waals surface area contributed by atoms with Crippen LogP contribution < -0.4 is 0 Å². The average Bonchev–Trinajstić information content (AvgIpc) is 3.66. The summed E-state index contributed by atoms with van der Waals surface area (Å²) in [7, 11) is 0. The quantitative estimate of drug-likeness (QED) is 0.102. The summed E-state index contributed by atoms with van der Waals surface area (Å²) >= 11 is 0. The molecule has 0 fully saturated rings. The second kappa shape index (κ2) is 17.5. The number of carboxylic acids is 2. The fraction of sp³-hybridized carbons (Fsp3) is 0.0851. The van der Waals surface area contributed by atoms with E-state index in [1.54, 1.807) is 42.1 Å². The first-order valence-electron chi connectivity index (χ1n) is 18.3. The van der Waals surface area contributed by atoms with E-state index in [1.165, 1.54) is 10.9 Å². The van der Waals surface area contributed by atoms with Crippen molar-refractivity contribution in [1.29, 1.82) is 0 Å². The van der Waals surface area contributed by atoms with E-state index >= 15 is 0 Å². The molecule has 59 heavy (non-hydrogen) atoms. The number of aliphatic imine (C=N–C) groups is 2. The number of nitrogens with zero attached hydrogens (tertiary/aromatic N) is 6.